The number of hydrogen-bond acceptors (Lipinski definition) is 5. The van der Waals surface area contributed by atoms with Gasteiger partial charge in [-0.05, 0) is 23.7 Å². The summed E-state index contributed by atoms with van der Waals surface area (Å²) in [5.41, 5.74) is 4.30. The summed E-state index contributed by atoms with van der Waals surface area (Å²) in [6.45, 7) is 38.1. The Kier molecular flexibility index (Phi) is 17.0. The molecule has 3 aromatic carbocycles. The molecule has 0 atom stereocenters. The van der Waals surface area contributed by atoms with E-state index in [9.17, 15) is 9.90 Å². The summed E-state index contributed by atoms with van der Waals surface area (Å²) in [4.78, 5) is 21.8. The third-order valence-electron chi connectivity index (χ3n) is 12.2. The topological polar surface area (TPSA) is 63.1 Å². The van der Waals surface area contributed by atoms with E-state index in [1.807, 2.05) is 0 Å². The van der Waals surface area contributed by atoms with Crippen LogP contribution in [0.4, 0.5) is 0 Å². The van der Waals surface area contributed by atoms with E-state index in [0.29, 0.717) is 37.9 Å². The van der Waals surface area contributed by atoms with E-state index in [1.54, 1.807) is 15.7 Å². The first-order valence-corrected chi connectivity index (χ1v) is 27.0. The smallest absolute Gasteiger partial charge is 0 e. The molecule has 0 aliphatic rings. The van der Waals surface area contributed by atoms with E-state index in [0.717, 1.165) is 38.7 Å². The van der Waals surface area contributed by atoms with E-state index >= 15 is 0 Å². The molecule has 0 spiro atoms. The maximum atomic E-state index is 12.3. The van der Waals surface area contributed by atoms with Crippen molar-refractivity contribution in [1.82, 2.24) is 9.97 Å². The summed E-state index contributed by atoms with van der Waals surface area (Å²) in [5, 5.41) is 13.9. The van der Waals surface area contributed by atoms with Crippen molar-refractivity contribution in [2.75, 3.05) is 0 Å². The summed E-state index contributed by atoms with van der Waals surface area (Å²) in [7, 11) is 0. The second-order valence-corrected chi connectivity index (χ2v) is 33.4. The maximum absolute atomic E-state index is 12.3. The third-order valence-corrected chi connectivity index (χ3v) is 28.2. The van der Waals surface area contributed by atoms with Crippen molar-refractivity contribution >= 4 is 65.9 Å². The molecular formula is C51H73GeIrN2O2S-. The van der Waals surface area contributed by atoms with Gasteiger partial charge in [0.1, 0.15) is 0 Å². The van der Waals surface area contributed by atoms with Crippen molar-refractivity contribution in [2.24, 2.45) is 40.9 Å². The number of fused-ring (bicyclic) bond motifs is 4. The fraction of sp³-hybridized carbons (Fsp3) is 0.549. The Labute approximate surface area is 373 Å². The van der Waals surface area contributed by atoms with Crippen LogP contribution in [0.15, 0.2) is 66.7 Å². The summed E-state index contributed by atoms with van der Waals surface area (Å²) in [5.74, 6) is 1.63. The molecule has 58 heavy (non-hydrogen) atoms. The molecule has 2 heterocycles. The van der Waals surface area contributed by atoms with Crippen LogP contribution in [0.2, 0.25) is 14.3 Å². The van der Waals surface area contributed by atoms with Gasteiger partial charge in [-0.1, -0.05) is 55.4 Å². The standard InChI is InChI=1S/C34H41GeN2S.C17H32O2.Ir/c1-21(2)35(22(3)4,23(5)6)29-18-26(17-25-12-10-11-13-27(25)29)31-33-32(37-20-36-31)28-15-14-24(16-30(28)38-33)19-34(7,8)9;1-10(2)16(11(3)4)14(18)9-15(19)17(12(5)6)13(7)8;/h10-16,18,20-23H,19H2,1-9H3;9-13,16-18H,1-8H3;/q-1;;/b;14-9-;/i20D;;. The molecule has 5 rings (SSSR count). The van der Waals surface area contributed by atoms with E-state index in [4.69, 9.17) is 6.35 Å². The number of ketones is 1. The van der Waals surface area contributed by atoms with Crippen molar-refractivity contribution in [3.05, 3.63) is 78.3 Å². The van der Waals surface area contributed by atoms with Gasteiger partial charge in [-0.25, -0.2) is 0 Å². The SMILES string of the molecule is CC(C)C(C(=O)/C=C(\O)C(C(C)C)C(C)C)C(C)C.[2H]c1nc(-c2[c-]c3ccccc3[c]([Ge]([CH](C)C)([CH](C)C)[CH](C)C)c2)c2sc3cc(CC(C)(C)C)ccc3c2n1.[Ir]. The van der Waals surface area contributed by atoms with Crippen LogP contribution in [0.1, 0.15) is 125 Å². The molecule has 0 amide bonds. The molecule has 2 aromatic heterocycles. The van der Waals surface area contributed by atoms with Gasteiger partial charge in [-0.15, -0.1) is 0 Å². The van der Waals surface area contributed by atoms with Crippen LogP contribution in [0.5, 0.6) is 0 Å². The number of nitrogens with zero attached hydrogens (tertiary/aromatic N) is 2. The number of allylic oxidation sites excluding steroid dienone is 2. The Hall–Kier alpha value is -2.38. The van der Waals surface area contributed by atoms with Gasteiger partial charge in [0.05, 0.1) is 5.76 Å². The normalized spacial score (nSPS) is 13.3. The Morgan fingerprint density at radius 1 is 0.793 bits per heavy atom. The van der Waals surface area contributed by atoms with Crippen molar-refractivity contribution in [2.45, 2.75) is 138 Å². The molecule has 1 N–H and O–H groups in total. The summed E-state index contributed by atoms with van der Waals surface area (Å²) < 4.78 is 14.3. The van der Waals surface area contributed by atoms with Crippen LogP contribution in [-0.4, -0.2) is 34.1 Å². The Bertz CT molecular complexity index is 2190. The fourth-order valence-electron chi connectivity index (χ4n) is 10.3. The Balaban J connectivity index is 0.000000396. The number of carbonyl (C=O) groups excluding carboxylic acids is 1. The molecular weight excluding hydrogens is 969 g/mol. The molecule has 1 radical (unpaired) electrons. The van der Waals surface area contributed by atoms with Crippen molar-refractivity contribution in [3.63, 3.8) is 0 Å². The van der Waals surface area contributed by atoms with Crippen molar-refractivity contribution in [3.8, 4) is 11.3 Å². The molecule has 0 aliphatic carbocycles. The van der Waals surface area contributed by atoms with Gasteiger partial charge in [0.15, 0.2) is 5.78 Å². The minimum absolute atomic E-state index is 0. The van der Waals surface area contributed by atoms with E-state index < -0.39 is 13.3 Å². The van der Waals surface area contributed by atoms with Crippen molar-refractivity contribution in [1.29, 1.82) is 0 Å². The molecule has 0 saturated heterocycles. The maximum Gasteiger partial charge on any atom is 0 e. The molecule has 0 saturated carbocycles. The van der Waals surface area contributed by atoms with Crippen LogP contribution in [0.25, 0.3) is 42.3 Å². The van der Waals surface area contributed by atoms with Gasteiger partial charge in [-0.3, -0.25) is 4.79 Å². The first-order chi connectivity index (χ1) is 26.9. The summed E-state index contributed by atoms with van der Waals surface area (Å²) in [6.07, 6.45) is 2.58. The molecule has 5 aromatic rings. The molecule has 0 unspecified atom stereocenters. The number of aromatic nitrogens is 2. The molecule has 0 fully saturated rings. The Morgan fingerprint density at radius 3 is 1.86 bits per heavy atom. The van der Waals surface area contributed by atoms with E-state index in [-0.39, 0.29) is 55.2 Å². The quantitative estimate of drug-likeness (QED) is 0.0552. The second kappa shape index (κ2) is 20.5. The predicted molar refractivity (Wildman–Crippen MR) is 253 cm³/mol. The van der Waals surface area contributed by atoms with E-state index in [2.05, 4.69) is 177 Å². The molecule has 0 aliphatic heterocycles. The average molecular weight is 1040 g/mol. The minimum atomic E-state index is -2.67. The molecule has 319 valence electrons. The van der Waals surface area contributed by atoms with Gasteiger partial charge in [0, 0.05) is 38.0 Å². The summed E-state index contributed by atoms with van der Waals surface area (Å²) >= 11 is -0.911. The second-order valence-electron chi connectivity index (χ2n) is 20.1. The zero-order valence-corrected chi connectivity index (χ0v) is 43.9. The largest absolute Gasteiger partial charge is 0 e. The van der Waals surface area contributed by atoms with Crippen LogP contribution in [0, 0.1) is 47.0 Å². The number of benzene rings is 3. The number of aliphatic hydroxyl groups is 1. The first-order valence-electron chi connectivity index (χ1n) is 22.0. The molecule has 0 bridgehead atoms. The van der Waals surface area contributed by atoms with Crippen LogP contribution >= 0.6 is 11.3 Å². The molecule has 7 heteroatoms. The number of hydrogen-bond donors (Lipinski definition) is 1. The number of carbonyl (C=O) groups is 1. The van der Waals surface area contributed by atoms with Gasteiger partial charge in [0.2, 0.25) is 0 Å². The third kappa shape index (κ3) is 10.9. The Morgan fingerprint density at radius 2 is 1.34 bits per heavy atom. The zero-order valence-electron chi connectivity index (χ0n) is 39.6. The van der Waals surface area contributed by atoms with Crippen LogP contribution in [-0.2, 0) is 31.3 Å². The van der Waals surface area contributed by atoms with Gasteiger partial charge in [-0.2, -0.15) is 0 Å². The summed E-state index contributed by atoms with van der Waals surface area (Å²) in [6, 6.07) is 21.7. The fourth-order valence-corrected chi connectivity index (χ4v) is 26.1. The van der Waals surface area contributed by atoms with Crippen LogP contribution < -0.4 is 4.40 Å². The predicted octanol–water partition coefficient (Wildman–Crippen LogP) is 14.8. The average Bonchev–Trinajstić information content (AvgIpc) is 3.43. The first kappa shape index (κ1) is 48.3. The number of thiophene rings is 1. The zero-order chi connectivity index (χ0) is 43.6. The number of rotatable bonds is 13. The van der Waals surface area contributed by atoms with Crippen molar-refractivity contribution < 1.29 is 31.4 Å². The van der Waals surface area contributed by atoms with Gasteiger partial charge >= 0.3 is 238 Å². The number of aliphatic hydroxyl groups excluding tert-OH is 1. The monoisotopic (exact) mass is 1050 g/mol. The van der Waals surface area contributed by atoms with Gasteiger partial charge in [0.25, 0.3) is 0 Å². The van der Waals surface area contributed by atoms with Gasteiger partial charge < -0.3 is 5.11 Å². The van der Waals surface area contributed by atoms with Crippen LogP contribution in [0.3, 0.4) is 0 Å². The molecule has 4 nitrogen and oxygen atoms in total. The minimum Gasteiger partial charge on any atom is 0 e. The van der Waals surface area contributed by atoms with E-state index in [1.165, 1.54) is 21.7 Å².